The number of carbonyl (C=O) groups excluding carboxylic acids is 1. The van der Waals surface area contributed by atoms with E-state index in [1.807, 2.05) is 6.92 Å². The Hall–Kier alpha value is -2.06. The summed E-state index contributed by atoms with van der Waals surface area (Å²) < 4.78 is 4.04. The first-order chi connectivity index (χ1) is 12.1. The molecule has 2 N–H and O–H groups in total. The molecule has 0 fully saturated rings. The Balaban J connectivity index is 1.51. The second-order valence-electron chi connectivity index (χ2n) is 6.29. The highest BCUT2D eigenvalue weighted by Crippen LogP contribution is 2.33. The van der Waals surface area contributed by atoms with E-state index in [0.717, 1.165) is 40.0 Å². The van der Waals surface area contributed by atoms with Crippen LogP contribution >= 0.6 is 22.9 Å². The summed E-state index contributed by atoms with van der Waals surface area (Å²) in [5, 5.41) is 4.38. The molecule has 4 rings (SSSR count). The average Bonchev–Trinajstić information content (AvgIpc) is 3.16. The fraction of sp³-hybridized carbons (Fsp3) is 0.412. The molecule has 25 heavy (non-hydrogen) atoms. The van der Waals surface area contributed by atoms with Crippen LogP contribution in [0.2, 0.25) is 0 Å². The molecule has 1 aliphatic carbocycles. The molecule has 0 spiro atoms. The Morgan fingerprint density at radius 3 is 3.00 bits per heavy atom. The predicted molar refractivity (Wildman–Crippen MR) is 101 cm³/mol. The fourth-order valence-corrected chi connectivity index (χ4v) is 5.11. The fourth-order valence-electron chi connectivity index (χ4n) is 3.16. The number of amides is 1. The van der Waals surface area contributed by atoms with Crippen LogP contribution in [0, 0.1) is 6.92 Å². The van der Waals surface area contributed by atoms with Gasteiger partial charge in [-0.25, -0.2) is 4.98 Å². The van der Waals surface area contributed by atoms with Gasteiger partial charge in [0.1, 0.15) is 15.7 Å². The smallest absolute Gasteiger partial charge is 0.259 e. The highest BCUT2D eigenvalue weighted by atomic mass is 32.1. The van der Waals surface area contributed by atoms with E-state index in [2.05, 4.69) is 19.7 Å². The van der Waals surface area contributed by atoms with Gasteiger partial charge in [-0.3, -0.25) is 9.59 Å². The van der Waals surface area contributed by atoms with E-state index in [-0.39, 0.29) is 17.9 Å². The van der Waals surface area contributed by atoms with Gasteiger partial charge in [0.25, 0.3) is 5.56 Å². The lowest BCUT2D eigenvalue weighted by molar-refractivity contribution is -0.116. The van der Waals surface area contributed by atoms with Crippen molar-refractivity contribution in [3.05, 3.63) is 38.4 Å². The maximum absolute atomic E-state index is 12.5. The number of anilines is 1. The molecule has 6 nitrogen and oxygen atoms in total. The van der Waals surface area contributed by atoms with Gasteiger partial charge < -0.3 is 10.3 Å². The van der Waals surface area contributed by atoms with Crippen molar-refractivity contribution in [3.8, 4) is 0 Å². The van der Waals surface area contributed by atoms with Crippen molar-refractivity contribution >= 4 is 44.0 Å². The number of aryl methyl sites for hydroxylation is 4. The van der Waals surface area contributed by atoms with E-state index in [4.69, 9.17) is 0 Å². The van der Waals surface area contributed by atoms with Crippen LogP contribution in [-0.2, 0) is 24.1 Å². The van der Waals surface area contributed by atoms with Crippen LogP contribution in [0.5, 0.6) is 0 Å². The van der Waals surface area contributed by atoms with Gasteiger partial charge in [0.05, 0.1) is 5.39 Å². The predicted octanol–water partition coefficient (Wildman–Crippen LogP) is 3.20. The van der Waals surface area contributed by atoms with Crippen molar-refractivity contribution in [1.29, 1.82) is 0 Å². The van der Waals surface area contributed by atoms with Gasteiger partial charge >= 0.3 is 0 Å². The SMILES string of the molecule is Cc1cnsc1NC(=O)CCc1nc2sc3c(c2c(=O)[nH]1)CCCC3. The first-order valence-electron chi connectivity index (χ1n) is 8.36. The van der Waals surface area contributed by atoms with E-state index in [1.165, 1.54) is 28.4 Å². The van der Waals surface area contributed by atoms with Gasteiger partial charge in [0, 0.05) is 29.5 Å². The molecule has 0 bridgehead atoms. The molecule has 0 radical (unpaired) electrons. The maximum Gasteiger partial charge on any atom is 0.259 e. The number of nitrogens with one attached hydrogen (secondary N) is 2. The number of nitrogens with zero attached hydrogens (tertiary/aromatic N) is 2. The van der Waals surface area contributed by atoms with Crippen LogP contribution in [0.15, 0.2) is 11.0 Å². The Bertz CT molecular complexity index is 1000. The molecule has 0 aromatic carbocycles. The number of thiophene rings is 1. The van der Waals surface area contributed by atoms with E-state index in [9.17, 15) is 9.59 Å². The largest absolute Gasteiger partial charge is 0.316 e. The molecular weight excluding hydrogens is 356 g/mol. The number of carbonyl (C=O) groups is 1. The zero-order valence-electron chi connectivity index (χ0n) is 13.8. The van der Waals surface area contributed by atoms with Crippen molar-refractivity contribution in [2.24, 2.45) is 0 Å². The second-order valence-corrected chi connectivity index (χ2v) is 8.18. The number of rotatable bonds is 4. The third-order valence-corrected chi connectivity index (χ3v) is 6.47. The molecular formula is C17H18N4O2S2. The van der Waals surface area contributed by atoms with Crippen LogP contribution < -0.4 is 10.9 Å². The Kier molecular flexibility index (Phi) is 4.39. The van der Waals surface area contributed by atoms with Crippen LogP contribution in [-0.4, -0.2) is 20.2 Å². The van der Waals surface area contributed by atoms with Gasteiger partial charge in [-0.1, -0.05) is 0 Å². The number of H-pyrrole nitrogens is 1. The summed E-state index contributed by atoms with van der Waals surface area (Å²) in [6.07, 6.45) is 6.75. The molecule has 0 unspecified atom stereocenters. The van der Waals surface area contributed by atoms with Gasteiger partial charge in [-0.05, 0) is 49.7 Å². The summed E-state index contributed by atoms with van der Waals surface area (Å²) >= 11 is 2.90. The summed E-state index contributed by atoms with van der Waals surface area (Å²) in [4.78, 5) is 34.1. The normalized spacial score (nSPS) is 13.8. The maximum atomic E-state index is 12.5. The lowest BCUT2D eigenvalue weighted by atomic mass is 9.97. The number of hydrogen-bond donors (Lipinski definition) is 2. The van der Waals surface area contributed by atoms with E-state index in [0.29, 0.717) is 12.2 Å². The topological polar surface area (TPSA) is 87.7 Å². The van der Waals surface area contributed by atoms with Gasteiger partial charge in [-0.15, -0.1) is 11.3 Å². The van der Waals surface area contributed by atoms with Crippen molar-refractivity contribution in [1.82, 2.24) is 14.3 Å². The van der Waals surface area contributed by atoms with E-state index in [1.54, 1.807) is 17.5 Å². The molecule has 3 aromatic rings. The molecule has 0 atom stereocenters. The van der Waals surface area contributed by atoms with Crippen LogP contribution in [0.4, 0.5) is 5.00 Å². The van der Waals surface area contributed by atoms with Gasteiger partial charge in [0.2, 0.25) is 5.91 Å². The first kappa shape index (κ1) is 16.4. The third kappa shape index (κ3) is 3.23. The minimum absolute atomic E-state index is 0.0712. The summed E-state index contributed by atoms with van der Waals surface area (Å²) in [5.41, 5.74) is 2.07. The van der Waals surface area contributed by atoms with Crippen molar-refractivity contribution < 1.29 is 4.79 Å². The summed E-state index contributed by atoms with van der Waals surface area (Å²) in [5.74, 6) is 0.479. The standard InChI is InChI=1S/C17H18N4O2S2/c1-9-8-18-25-16(9)21-13(22)7-6-12-19-15(23)14-10-4-2-3-5-11(10)24-17(14)20-12/h8H,2-7H2,1H3,(H,21,22)(H,19,20,23). The summed E-state index contributed by atoms with van der Waals surface area (Å²) in [6.45, 7) is 1.91. The molecule has 130 valence electrons. The number of fused-ring (bicyclic) bond motifs is 3. The average molecular weight is 374 g/mol. The van der Waals surface area contributed by atoms with Crippen molar-refractivity contribution in [2.45, 2.75) is 45.4 Å². The first-order valence-corrected chi connectivity index (χ1v) is 9.95. The third-order valence-electron chi connectivity index (χ3n) is 4.46. The van der Waals surface area contributed by atoms with E-state index >= 15 is 0 Å². The summed E-state index contributed by atoms with van der Waals surface area (Å²) in [7, 11) is 0. The van der Waals surface area contributed by atoms with Crippen LogP contribution in [0.25, 0.3) is 10.2 Å². The lowest BCUT2D eigenvalue weighted by Crippen LogP contribution is -2.16. The number of aromatic amines is 1. The lowest BCUT2D eigenvalue weighted by Gasteiger charge is -2.09. The number of aromatic nitrogens is 3. The Labute approximate surface area is 152 Å². The molecule has 1 amide bonds. The van der Waals surface area contributed by atoms with Gasteiger partial charge in [-0.2, -0.15) is 4.37 Å². The highest BCUT2D eigenvalue weighted by molar-refractivity contribution is 7.18. The molecule has 8 heteroatoms. The minimum Gasteiger partial charge on any atom is -0.316 e. The molecule has 3 aromatic heterocycles. The Morgan fingerprint density at radius 1 is 1.36 bits per heavy atom. The monoisotopic (exact) mass is 374 g/mol. The van der Waals surface area contributed by atoms with Crippen molar-refractivity contribution in [2.75, 3.05) is 5.32 Å². The van der Waals surface area contributed by atoms with Crippen LogP contribution in [0.1, 0.15) is 41.1 Å². The second kappa shape index (κ2) is 6.68. The zero-order valence-corrected chi connectivity index (χ0v) is 15.5. The quantitative estimate of drug-likeness (QED) is 0.734. The molecule has 1 aliphatic rings. The molecule has 0 aliphatic heterocycles. The Morgan fingerprint density at radius 2 is 2.20 bits per heavy atom. The van der Waals surface area contributed by atoms with Crippen molar-refractivity contribution in [3.63, 3.8) is 0 Å². The number of hydrogen-bond acceptors (Lipinski definition) is 6. The van der Waals surface area contributed by atoms with Crippen LogP contribution in [0.3, 0.4) is 0 Å². The molecule has 0 saturated carbocycles. The highest BCUT2D eigenvalue weighted by Gasteiger charge is 2.20. The van der Waals surface area contributed by atoms with Gasteiger partial charge in [0.15, 0.2) is 0 Å². The molecule has 0 saturated heterocycles. The summed E-state index contributed by atoms with van der Waals surface area (Å²) in [6, 6.07) is 0. The molecule has 3 heterocycles. The zero-order chi connectivity index (χ0) is 17.4. The minimum atomic E-state index is -0.0967. The van der Waals surface area contributed by atoms with E-state index < -0.39 is 0 Å².